The zero-order chi connectivity index (χ0) is 22.1. The van der Waals surface area contributed by atoms with Gasteiger partial charge in [-0.15, -0.1) is 0 Å². The van der Waals surface area contributed by atoms with Crippen LogP contribution in [0.15, 0.2) is 0 Å². The number of hydrogen-bond acceptors (Lipinski definition) is 9. The molecular weight excluding hydrogens is 410 g/mol. The quantitative estimate of drug-likeness (QED) is 0.478. The van der Waals surface area contributed by atoms with Crippen molar-refractivity contribution in [2.75, 3.05) is 33.4 Å². The first-order valence-electron chi connectivity index (χ1n) is 12.8. The zero-order valence-electron chi connectivity index (χ0n) is 19.9. The number of methoxy groups -OCH3 is 1. The summed E-state index contributed by atoms with van der Waals surface area (Å²) in [4.78, 5) is 2.53. The van der Waals surface area contributed by atoms with E-state index < -0.39 is 0 Å². The Kier molecular flexibility index (Phi) is 7.67. The number of hydrazine groups is 1. The van der Waals surface area contributed by atoms with Crippen LogP contribution in [0, 0.1) is 5.92 Å². The van der Waals surface area contributed by atoms with Gasteiger partial charge >= 0.3 is 0 Å². The van der Waals surface area contributed by atoms with E-state index in [-0.39, 0.29) is 24.7 Å². The lowest BCUT2D eigenvalue weighted by Gasteiger charge is -2.45. The Morgan fingerprint density at radius 1 is 0.906 bits per heavy atom. The maximum absolute atomic E-state index is 6.46. The van der Waals surface area contributed by atoms with Crippen LogP contribution in [0.2, 0.25) is 0 Å². The molecule has 0 amide bonds. The third-order valence-corrected chi connectivity index (χ3v) is 8.13. The van der Waals surface area contributed by atoms with Crippen LogP contribution in [0.5, 0.6) is 0 Å². The van der Waals surface area contributed by atoms with E-state index in [2.05, 4.69) is 40.2 Å². The van der Waals surface area contributed by atoms with Crippen molar-refractivity contribution in [2.24, 2.45) is 5.92 Å². The summed E-state index contributed by atoms with van der Waals surface area (Å²) in [6.07, 6.45) is 7.42. The lowest BCUT2D eigenvalue weighted by Crippen LogP contribution is -2.68. The Morgan fingerprint density at radius 3 is 2.66 bits per heavy atom. The van der Waals surface area contributed by atoms with Gasteiger partial charge in [-0.25, -0.2) is 0 Å². The lowest BCUT2D eigenvalue weighted by molar-refractivity contribution is -0.110. The molecule has 0 aromatic carbocycles. The summed E-state index contributed by atoms with van der Waals surface area (Å²) in [5.41, 5.74) is 7.28. The molecule has 5 aliphatic rings. The van der Waals surface area contributed by atoms with Gasteiger partial charge in [0.1, 0.15) is 0 Å². The average molecular weight is 454 g/mol. The summed E-state index contributed by atoms with van der Waals surface area (Å²) in [5.74, 6) is 0.557. The molecule has 0 spiro atoms. The van der Waals surface area contributed by atoms with E-state index in [1.807, 2.05) is 7.11 Å². The maximum Gasteiger partial charge on any atom is 0.165 e. The minimum absolute atomic E-state index is 0.00712. The molecular formula is C23H43N5O4. The van der Waals surface area contributed by atoms with Crippen LogP contribution < -0.4 is 21.5 Å². The molecule has 9 nitrogen and oxygen atoms in total. The van der Waals surface area contributed by atoms with Crippen molar-refractivity contribution in [3.63, 3.8) is 0 Å². The van der Waals surface area contributed by atoms with Gasteiger partial charge in [0.15, 0.2) is 6.35 Å². The van der Waals surface area contributed by atoms with Crippen LogP contribution in [0.3, 0.4) is 0 Å². The highest BCUT2D eigenvalue weighted by molar-refractivity contribution is 5.03. The standard InChI is InChI=1S/C23H43N5O4/c1-14-7-9-30-13-15(2)32-23-24-20(11-21(25-23)28-8-6-17(12-28)29-3)22-18-10-16(31-14)4-5-19(18)26-27-22/h14-27H,4-13H2,1-3H3/t14-,15+,16?,17+,18?,19?,20?,21?,22?,23?/m0/s1. The van der Waals surface area contributed by atoms with Gasteiger partial charge in [-0.1, -0.05) is 0 Å². The van der Waals surface area contributed by atoms with E-state index in [0.29, 0.717) is 49.5 Å². The highest BCUT2D eigenvalue weighted by atomic mass is 16.6. The fourth-order valence-electron chi connectivity index (χ4n) is 6.35. The van der Waals surface area contributed by atoms with E-state index in [1.165, 1.54) is 0 Å². The lowest BCUT2D eigenvalue weighted by atomic mass is 9.77. The van der Waals surface area contributed by atoms with Crippen LogP contribution in [0.4, 0.5) is 0 Å². The minimum atomic E-state index is -0.195. The first-order chi connectivity index (χ1) is 15.6. The van der Waals surface area contributed by atoms with Gasteiger partial charge in [-0.2, -0.15) is 0 Å². The van der Waals surface area contributed by atoms with E-state index in [4.69, 9.17) is 18.9 Å². The van der Waals surface area contributed by atoms with Crippen molar-refractivity contribution in [1.29, 1.82) is 0 Å². The fraction of sp³-hybridized carbons (Fsp3) is 1.00. The monoisotopic (exact) mass is 453 g/mol. The van der Waals surface area contributed by atoms with Crippen LogP contribution in [0.25, 0.3) is 0 Å². The zero-order valence-corrected chi connectivity index (χ0v) is 19.9. The smallest absolute Gasteiger partial charge is 0.165 e. The molecule has 0 aromatic heterocycles. The number of nitrogens with zero attached hydrogens (tertiary/aromatic N) is 1. The van der Waals surface area contributed by atoms with E-state index in [0.717, 1.165) is 51.6 Å². The first kappa shape index (κ1) is 23.4. The van der Waals surface area contributed by atoms with Crippen molar-refractivity contribution in [3.8, 4) is 0 Å². The number of nitrogens with one attached hydrogen (secondary N) is 4. The second kappa shape index (κ2) is 10.5. The van der Waals surface area contributed by atoms with Gasteiger partial charge in [0.2, 0.25) is 0 Å². The molecule has 0 aromatic rings. The van der Waals surface area contributed by atoms with Crippen molar-refractivity contribution >= 4 is 0 Å². The maximum atomic E-state index is 6.46. The number of fused-ring (bicyclic) bond motifs is 4. The van der Waals surface area contributed by atoms with Crippen molar-refractivity contribution in [3.05, 3.63) is 0 Å². The molecule has 4 aliphatic heterocycles. The highest BCUT2D eigenvalue weighted by Gasteiger charge is 2.47. The van der Waals surface area contributed by atoms with Gasteiger partial charge in [-0.3, -0.25) is 26.4 Å². The number of rotatable bonds is 2. The molecule has 9 heteroatoms. The van der Waals surface area contributed by atoms with Crippen molar-refractivity contribution < 1.29 is 18.9 Å². The second-order valence-corrected chi connectivity index (χ2v) is 10.5. The predicted molar refractivity (Wildman–Crippen MR) is 121 cm³/mol. The summed E-state index contributed by atoms with van der Waals surface area (Å²) in [6.45, 7) is 7.61. The molecule has 5 fully saturated rings. The Labute approximate surface area is 192 Å². The predicted octanol–water partition coefficient (Wildman–Crippen LogP) is 0.513. The molecule has 4 bridgehead atoms. The summed E-state index contributed by atoms with van der Waals surface area (Å²) >= 11 is 0. The Morgan fingerprint density at radius 2 is 1.81 bits per heavy atom. The van der Waals surface area contributed by atoms with Crippen LogP contribution in [-0.4, -0.2) is 93.4 Å². The Hall–Kier alpha value is -0.360. The molecule has 4 saturated heterocycles. The van der Waals surface area contributed by atoms with Crippen molar-refractivity contribution in [2.45, 2.75) is 107 Å². The first-order valence-corrected chi connectivity index (χ1v) is 12.8. The van der Waals surface area contributed by atoms with Crippen LogP contribution in [-0.2, 0) is 18.9 Å². The summed E-state index contributed by atoms with van der Waals surface area (Å²) < 4.78 is 24.4. The molecule has 10 atom stereocenters. The third-order valence-electron chi connectivity index (χ3n) is 8.13. The van der Waals surface area contributed by atoms with Crippen molar-refractivity contribution in [1.82, 2.24) is 26.4 Å². The second-order valence-electron chi connectivity index (χ2n) is 10.5. The molecule has 5 rings (SSSR count). The van der Waals surface area contributed by atoms with Crippen LogP contribution in [0.1, 0.15) is 52.4 Å². The molecule has 32 heavy (non-hydrogen) atoms. The molecule has 7 unspecified atom stereocenters. The summed E-state index contributed by atoms with van der Waals surface area (Å²) in [6, 6.07) is 1.19. The molecule has 0 radical (unpaired) electrons. The fourth-order valence-corrected chi connectivity index (χ4v) is 6.35. The molecule has 1 aliphatic carbocycles. The summed E-state index contributed by atoms with van der Waals surface area (Å²) in [5, 5.41) is 7.51. The van der Waals surface area contributed by atoms with Crippen LogP contribution >= 0.6 is 0 Å². The molecule has 184 valence electrons. The largest absolute Gasteiger partial charge is 0.380 e. The average Bonchev–Trinajstić information content (AvgIpc) is 3.43. The van der Waals surface area contributed by atoms with Gasteiger partial charge in [0.25, 0.3) is 0 Å². The Balaban J connectivity index is 1.34. The van der Waals surface area contributed by atoms with Gasteiger partial charge in [0.05, 0.1) is 37.2 Å². The number of hydrogen-bond donors (Lipinski definition) is 4. The van der Waals surface area contributed by atoms with E-state index in [1.54, 1.807) is 0 Å². The van der Waals surface area contributed by atoms with E-state index in [9.17, 15) is 0 Å². The Bertz CT molecular complexity index is 615. The molecule has 1 saturated carbocycles. The molecule has 4 N–H and O–H groups in total. The molecule has 4 heterocycles. The van der Waals surface area contributed by atoms with Gasteiger partial charge in [-0.05, 0) is 58.3 Å². The van der Waals surface area contributed by atoms with Gasteiger partial charge < -0.3 is 18.9 Å². The van der Waals surface area contributed by atoms with E-state index >= 15 is 0 Å². The minimum Gasteiger partial charge on any atom is -0.380 e. The summed E-state index contributed by atoms with van der Waals surface area (Å²) in [7, 11) is 1.82. The topological polar surface area (TPSA) is 88.3 Å². The van der Waals surface area contributed by atoms with Gasteiger partial charge in [0, 0.05) is 44.9 Å². The SMILES string of the molecule is CO[C@@H]1CCN(C2CC3NC(N2)O[C@H](C)COCC[C@H](C)OC2CCC4NNC3C4C2)C1. The highest BCUT2D eigenvalue weighted by Crippen LogP contribution is 2.35. The number of likely N-dealkylation sites (tertiary alicyclic amines) is 1. The normalized spacial score (nSPS) is 48.8. The third kappa shape index (κ3) is 5.31. The number of ether oxygens (including phenoxy) is 4.